The summed E-state index contributed by atoms with van der Waals surface area (Å²) in [5, 5.41) is 0. The predicted octanol–water partition coefficient (Wildman–Crippen LogP) is 16.2. The zero-order valence-electron chi connectivity index (χ0n) is 37.0. The van der Waals surface area contributed by atoms with Gasteiger partial charge in [0.2, 0.25) is 0 Å². The lowest BCUT2D eigenvalue weighted by Gasteiger charge is -2.48. The number of hydrogen-bond acceptors (Lipinski definition) is 1. The SMILES string of the molecule is CC1(C)c2ccccc2-c2cc(-c3ccc(N(c4ccccc4)c4cccc5c4-c4ccccc4C54c5ccccc5C5(c6ccccc6-c6ccccc65)c5ccccc54)cc3)ccc21. The molecule has 0 aromatic heterocycles. The van der Waals surface area contributed by atoms with Crippen LogP contribution < -0.4 is 4.90 Å². The van der Waals surface area contributed by atoms with Crippen LogP contribution in [0.25, 0.3) is 44.5 Å². The first-order valence-electron chi connectivity index (χ1n) is 23.3. The van der Waals surface area contributed by atoms with Gasteiger partial charge in [-0.15, -0.1) is 0 Å². The number of hydrogen-bond donors (Lipinski definition) is 0. The van der Waals surface area contributed by atoms with Crippen LogP contribution in [0.4, 0.5) is 17.1 Å². The molecule has 4 aliphatic rings. The maximum atomic E-state index is 2.48. The molecular formula is C65H45N. The molecule has 310 valence electrons. The van der Waals surface area contributed by atoms with Crippen molar-refractivity contribution >= 4 is 17.1 Å². The summed E-state index contributed by atoms with van der Waals surface area (Å²) in [6.07, 6.45) is 0. The minimum atomic E-state index is -0.570. The van der Waals surface area contributed by atoms with Crippen molar-refractivity contribution in [3.05, 3.63) is 292 Å². The van der Waals surface area contributed by atoms with E-state index in [-0.39, 0.29) is 5.41 Å². The molecule has 0 amide bonds. The van der Waals surface area contributed by atoms with Gasteiger partial charge >= 0.3 is 0 Å². The molecule has 0 fully saturated rings. The lowest BCUT2D eigenvalue weighted by Crippen LogP contribution is -2.43. The lowest BCUT2D eigenvalue weighted by atomic mass is 9.52. The number of anilines is 3. The van der Waals surface area contributed by atoms with Crippen molar-refractivity contribution in [1.29, 1.82) is 0 Å². The highest BCUT2D eigenvalue weighted by atomic mass is 15.1. The van der Waals surface area contributed by atoms with Gasteiger partial charge in [-0.3, -0.25) is 0 Å². The first kappa shape index (κ1) is 37.4. The predicted molar refractivity (Wildman–Crippen MR) is 272 cm³/mol. The van der Waals surface area contributed by atoms with Gasteiger partial charge in [-0.1, -0.05) is 214 Å². The van der Waals surface area contributed by atoms with Gasteiger partial charge in [-0.25, -0.2) is 0 Å². The van der Waals surface area contributed by atoms with Gasteiger partial charge in [0.25, 0.3) is 0 Å². The van der Waals surface area contributed by atoms with E-state index in [0.717, 1.165) is 11.4 Å². The minimum Gasteiger partial charge on any atom is -0.310 e. The molecule has 0 heterocycles. The molecule has 66 heavy (non-hydrogen) atoms. The molecule has 0 bridgehead atoms. The average molecular weight is 840 g/mol. The molecule has 0 unspecified atom stereocenters. The Kier molecular flexibility index (Phi) is 7.66. The van der Waals surface area contributed by atoms with E-state index >= 15 is 0 Å². The molecule has 14 rings (SSSR count). The van der Waals surface area contributed by atoms with Crippen LogP contribution in [0.2, 0.25) is 0 Å². The Labute approximate surface area is 387 Å². The molecule has 0 N–H and O–H groups in total. The normalized spacial score (nSPS) is 15.2. The molecule has 0 radical (unpaired) electrons. The Balaban J connectivity index is 0.986. The van der Waals surface area contributed by atoms with Crippen molar-refractivity contribution in [1.82, 2.24) is 0 Å². The van der Waals surface area contributed by atoms with Crippen LogP contribution in [0.1, 0.15) is 69.5 Å². The molecular weight excluding hydrogens is 795 g/mol. The first-order valence-corrected chi connectivity index (χ1v) is 23.3. The Bertz CT molecular complexity index is 3530. The third kappa shape index (κ3) is 4.64. The monoisotopic (exact) mass is 839 g/mol. The Hall–Kier alpha value is -8.00. The number of nitrogens with zero attached hydrogens (tertiary/aromatic N) is 1. The van der Waals surface area contributed by atoms with Crippen LogP contribution in [-0.4, -0.2) is 0 Å². The highest BCUT2D eigenvalue weighted by Gasteiger charge is 2.59. The summed E-state index contributed by atoms with van der Waals surface area (Å²) in [5.74, 6) is 0. The van der Waals surface area contributed by atoms with Crippen molar-refractivity contribution in [2.45, 2.75) is 30.1 Å². The molecule has 0 atom stereocenters. The maximum Gasteiger partial charge on any atom is 0.0720 e. The van der Waals surface area contributed by atoms with Crippen molar-refractivity contribution in [2.75, 3.05) is 4.90 Å². The van der Waals surface area contributed by atoms with E-state index in [1.54, 1.807) is 0 Å². The van der Waals surface area contributed by atoms with Crippen LogP contribution in [0.3, 0.4) is 0 Å². The zero-order valence-corrected chi connectivity index (χ0v) is 37.0. The van der Waals surface area contributed by atoms with E-state index in [2.05, 4.69) is 255 Å². The smallest absolute Gasteiger partial charge is 0.0720 e. The molecule has 10 aromatic rings. The first-order chi connectivity index (χ1) is 32.5. The van der Waals surface area contributed by atoms with E-state index in [1.807, 2.05) is 0 Å². The van der Waals surface area contributed by atoms with E-state index in [0.29, 0.717) is 0 Å². The average Bonchev–Trinajstić information content (AvgIpc) is 3.94. The van der Waals surface area contributed by atoms with E-state index in [1.165, 1.54) is 106 Å². The lowest BCUT2D eigenvalue weighted by molar-refractivity contribution is 0.633. The molecule has 4 aliphatic carbocycles. The molecule has 0 saturated heterocycles. The highest BCUT2D eigenvalue weighted by molar-refractivity contribution is 6.00. The van der Waals surface area contributed by atoms with E-state index in [4.69, 9.17) is 0 Å². The molecule has 2 spiro atoms. The standard InChI is InChI=1S/C65H45N/c1-63(2)51-25-10-6-23-48(51)50-41-43(37-40-52(50)63)42-35-38-45(39-36-42)66(44-19-4-3-5-20-44)61-34-18-33-60-62(61)49-24-9-13-28-55(49)65(60)58-31-16-14-29-56(58)64(57-30-15-17-32-59(57)65)53-26-11-7-21-46(53)47-22-8-12-27-54(47)64/h3-41H,1-2H3. The topological polar surface area (TPSA) is 3.24 Å². The Morgan fingerprint density at radius 3 is 1.24 bits per heavy atom. The zero-order chi connectivity index (χ0) is 43.8. The summed E-state index contributed by atoms with van der Waals surface area (Å²) in [5.41, 5.74) is 26.2. The molecule has 1 heteroatoms. The van der Waals surface area contributed by atoms with Gasteiger partial charge in [-0.05, 0) is 131 Å². The second kappa shape index (κ2) is 13.5. The number of rotatable bonds is 4. The van der Waals surface area contributed by atoms with Crippen molar-refractivity contribution in [2.24, 2.45) is 0 Å². The summed E-state index contributed by atoms with van der Waals surface area (Å²) in [6, 6.07) is 89.4. The number of fused-ring (bicyclic) bond motifs is 19. The number of para-hydroxylation sites is 1. The fraction of sp³-hybridized carbons (Fsp3) is 0.0769. The Morgan fingerprint density at radius 2 is 0.667 bits per heavy atom. The number of benzene rings is 10. The van der Waals surface area contributed by atoms with E-state index in [9.17, 15) is 0 Å². The Morgan fingerprint density at radius 1 is 0.273 bits per heavy atom. The summed E-state index contributed by atoms with van der Waals surface area (Å²) in [6.45, 7) is 4.70. The highest BCUT2D eigenvalue weighted by Crippen LogP contribution is 2.68. The molecule has 0 saturated carbocycles. The van der Waals surface area contributed by atoms with Crippen LogP contribution in [0.15, 0.2) is 237 Å². The fourth-order valence-corrected chi connectivity index (χ4v) is 13.2. The third-order valence-electron chi connectivity index (χ3n) is 15.8. The third-order valence-corrected chi connectivity index (χ3v) is 15.8. The second-order valence-electron chi connectivity index (χ2n) is 19.1. The van der Waals surface area contributed by atoms with Crippen molar-refractivity contribution in [3.8, 4) is 44.5 Å². The minimum absolute atomic E-state index is 0.0196. The van der Waals surface area contributed by atoms with Crippen molar-refractivity contribution in [3.63, 3.8) is 0 Å². The van der Waals surface area contributed by atoms with Crippen LogP contribution >= 0.6 is 0 Å². The van der Waals surface area contributed by atoms with Gasteiger partial charge in [0, 0.05) is 22.4 Å². The van der Waals surface area contributed by atoms with Gasteiger partial charge in [0.1, 0.15) is 0 Å². The summed E-state index contributed by atoms with van der Waals surface area (Å²) in [4.78, 5) is 2.48. The molecule has 1 nitrogen and oxygen atoms in total. The molecule has 0 aliphatic heterocycles. The summed E-state index contributed by atoms with van der Waals surface area (Å²) >= 11 is 0. The molecule has 10 aromatic carbocycles. The van der Waals surface area contributed by atoms with Gasteiger partial charge < -0.3 is 4.90 Å². The van der Waals surface area contributed by atoms with Gasteiger partial charge in [-0.2, -0.15) is 0 Å². The summed E-state index contributed by atoms with van der Waals surface area (Å²) < 4.78 is 0. The van der Waals surface area contributed by atoms with Crippen molar-refractivity contribution < 1.29 is 0 Å². The second-order valence-corrected chi connectivity index (χ2v) is 19.1. The largest absolute Gasteiger partial charge is 0.310 e. The van der Waals surface area contributed by atoms with E-state index < -0.39 is 10.8 Å². The van der Waals surface area contributed by atoms with Crippen LogP contribution in [0, 0.1) is 0 Å². The van der Waals surface area contributed by atoms with Gasteiger partial charge in [0.05, 0.1) is 16.5 Å². The summed E-state index contributed by atoms with van der Waals surface area (Å²) in [7, 11) is 0. The fourth-order valence-electron chi connectivity index (χ4n) is 13.2. The van der Waals surface area contributed by atoms with Crippen LogP contribution in [-0.2, 0) is 16.2 Å². The quantitative estimate of drug-likeness (QED) is 0.171. The van der Waals surface area contributed by atoms with Gasteiger partial charge in [0.15, 0.2) is 0 Å². The maximum absolute atomic E-state index is 2.48. The van der Waals surface area contributed by atoms with Crippen LogP contribution in [0.5, 0.6) is 0 Å².